The molecule has 6 heteroatoms. The van der Waals surface area contributed by atoms with E-state index < -0.39 is 15.9 Å². The van der Waals surface area contributed by atoms with Crippen molar-refractivity contribution in [3.8, 4) is 11.5 Å². The molecule has 0 N–H and O–H groups in total. The summed E-state index contributed by atoms with van der Waals surface area (Å²) in [7, 11) is -3.55. The molecule has 0 bridgehead atoms. The van der Waals surface area contributed by atoms with Crippen LogP contribution in [0.1, 0.15) is 33.3 Å². The lowest BCUT2D eigenvalue weighted by Gasteiger charge is -2.25. The van der Waals surface area contributed by atoms with Gasteiger partial charge in [-0.05, 0) is 18.2 Å². The first-order valence-electron chi connectivity index (χ1n) is 6.36. The minimum atomic E-state index is -3.55. The molecule has 0 unspecified atom stereocenters. The zero-order valence-corrected chi connectivity index (χ0v) is 13.2. The first-order chi connectivity index (χ1) is 8.99. The van der Waals surface area contributed by atoms with Gasteiger partial charge >= 0.3 is 10.1 Å². The second-order valence-corrected chi connectivity index (χ2v) is 7.69. The summed E-state index contributed by atoms with van der Waals surface area (Å²) in [5.41, 5.74) is 0.559. The Morgan fingerprint density at radius 2 is 1.85 bits per heavy atom. The first kappa shape index (κ1) is 15.1. The van der Waals surface area contributed by atoms with Crippen molar-refractivity contribution in [2.75, 3.05) is 12.9 Å². The van der Waals surface area contributed by atoms with E-state index in [1.54, 1.807) is 18.2 Å². The average molecular weight is 300 g/mol. The predicted molar refractivity (Wildman–Crippen MR) is 75.6 cm³/mol. The number of benzene rings is 1. The van der Waals surface area contributed by atoms with Crippen LogP contribution in [0, 0.1) is 0 Å². The topological polar surface area (TPSA) is 61.8 Å². The molecule has 1 aliphatic heterocycles. The standard InChI is InChI=1S/C14H20O5S/c1-13(2)9-17-14(3,4)18-12-7-6-10(8-11(12)13)19-20(5,15)16/h6-8H,9H2,1-5H3. The Bertz CT molecular complexity index is 616. The van der Waals surface area contributed by atoms with E-state index in [-0.39, 0.29) is 11.2 Å². The van der Waals surface area contributed by atoms with E-state index in [1.165, 1.54) is 0 Å². The number of hydrogen-bond donors (Lipinski definition) is 0. The zero-order chi connectivity index (χ0) is 15.2. The van der Waals surface area contributed by atoms with Crippen LogP contribution in [0.2, 0.25) is 0 Å². The van der Waals surface area contributed by atoms with Crippen molar-refractivity contribution in [3.05, 3.63) is 23.8 Å². The molecule has 0 aliphatic carbocycles. The van der Waals surface area contributed by atoms with Crippen molar-refractivity contribution in [1.82, 2.24) is 0 Å². The van der Waals surface area contributed by atoms with Crippen LogP contribution in [0.4, 0.5) is 0 Å². The Kier molecular flexibility index (Phi) is 3.50. The first-order valence-corrected chi connectivity index (χ1v) is 8.17. The summed E-state index contributed by atoms with van der Waals surface area (Å²) in [4.78, 5) is 0. The van der Waals surface area contributed by atoms with Crippen molar-refractivity contribution in [1.29, 1.82) is 0 Å². The molecule has 0 spiro atoms. The average Bonchev–Trinajstić information content (AvgIpc) is 2.34. The fourth-order valence-electron chi connectivity index (χ4n) is 2.08. The Labute approximate surface area is 120 Å². The van der Waals surface area contributed by atoms with Crippen molar-refractivity contribution >= 4 is 10.1 Å². The Morgan fingerprint density at radius 3 is 2.45 bits per heavy atom. The van der Waals surface area contributed by atoms with Gasteiger partial charge in [-0.15, -0.1) is 0 Å². The minimum Gasteiger partial charge on any atom is -0.463 e. The third-order valence-electron chi connectivity index (χ3n) is 3.06. The maximum absolute atomic E-state index is 11.2. The molecule has 112 valence electrons. The highest BCUT2D eigenvalue weighted by Gasteiger charge is 2.35. The van der Waals surface area contributed by atoms with Gasteiger partial charge in [-0.1, -0.05) is 13.8 Å². The molecule has 0 radical (unpaired) electrons. The molecule has 0 fully saturated rings. The van der Waals surface area contributed by atoms with Crippen molar-refractivity contribution < 1.29 is 22.1 Å². The minimum absolute atomic E-state index is 0.280. The monoisotopic (exact) mass is 300 g/mol. The highest BCUT2D eigenvalue weighted by atomic mass is 32.2. The van der Waals surface area contributed by atoms with Crippen LogP contribution >= 0.6 is 0 Å². The number of hydrogen-bond acceptors (Lipinski definition) is 5. The van der Waals surface area contributed by atoms with Crippen LogP contribution in [-0.2, 0) is 20.3 Å². The highest BCUT2D eigenvalue weighted by Crippen LogP contribution is 2.40. The Balaban J connectivity index is 2.48. The van der Waals surface area contributed by atoms with Crippen LogP contribution in [0.25, 0.3) is 0 Å². The summed E-state index contributed by atoms with van der Waals surface area (Å²) in [5.74, 6) is 0.239. The summed E-state index contributed by atoms with van der Waals surface area (Å²) >= 11 is 0. The molecule has 0 atom stereocenters. The molecule has 1 aromatic carbocycles. The van der Waals surface area contributed by atoms with Gasteiger partial charge in [0.2, 0.25) is 5.79 Å². The Hall–Kier alpha value is -1.27. The fraction of sp³-hybridized carbons (Fsp3) is 0.571. The molecular weight excluding hydrogens is 280 g/mol. The van der Waals surface area contributed by atoms with Gasteiger partial charge in [-0.3, -0.25) is 0 Å². The van der Waals surface area contributed by atoms with Gasteiger partial charge in [0.15, 0.2) is 0 Å². The molecule has 1 heterocycles. The van der Waals surface area contributed by atoms with Gasteiger partial charge in [-0.25, -0.2) is 0 Å². The van der Waals surface area contributed by atoms with E-state index in [4.69, 9.17) is 13.7 Å². The van der Waals surface area contributed by atoms with Crippen LogP contribution < -0.4 is 8.92 Å². The smallest absolute Gasteiger partial charge is 0.306 e. The van der Waals surface area contributed by atoms with Crippen LogP contribution in [0.3, 0.4) is 0 Å². The molecule has 20 heavy (non-hydrogen) atoms. The van der Waals surface area contributed by atoms with Gasteiger partial charge in [0.25, 0.3) is 0 Å². The lowest BCUT2D eigenvalue weighted by atomic mass is 9.85. The lowest BCUT2D eigenvalue weighted by molar-refractivity contribution is -0.157. The third-order valence-corrected chi connectivity index (χ3v) is 3.56. The Morgan fingerprint density at radius 1 is 1.20 bits per heavy atom. The van der Waals surface area contributed by atoms with Gasteiger partial charge in [-0.2, -0.15) is 8.42 Å². The highest BCUT2D eigenvalue weighted by molar-refractivity contribution is 7.86. The van der Waals surface area contributed by atoms with E-state index in [0.29, 0.717) is 12.4 Å². The largest absolute Gasteiger partial charge is 0.463 e. The quantitative estimate of drug-likeness (QED) is 0.785. The SMILES string of the molecule is CC1(C)OCC(C)(C)c2cc(OS(C)(=O)=O)ccc2O1. The number of ether oxygens (including phenoxy) is 2. The van der Waals surface area contributed by atoms with E-state index in [9.17, 15) is 8.42 Å². The molecule has 0 saturated heterocycles. The van der Waals surface area contributed by atoms with Crippen LogP contribution in [0.5, 0.6) is 11.5 Å². The van der Waals surface area contributed by atoms with E-state index >= 15 is 0 Å². The van der Waals surface area contributed by atoms with Gasteiger partial charge in [0.1, 0.15) is 11.5 Å². The van der Waals surface area contributed by atoms with Crippen molar-refractivity contribution in [2.45, 2.75) is 38.9 Å². The molecule has 0 saturated carbocycles. The summed E-state index contributed by atoms with van der Waals surface area (Å²) in [5, 5.41) is 0. The van der Waals surface area contributed by atoms with Gasteiger partial charge < -0.3 is 13.7 Å². The maximum Gasteiger partial charge on any atom is 0.306 e. The number of rotatable bonds is 2. The molecule has 5 nitrogen and oxygen atoms in total. The molecule has 0 amide bonds. The normalized spacial score (nSPS) is 20.4. The summed E-state index contributed by atoms with van der Waals surface area (Å²) in [6.45, 7) is 8.19. The second-order valence-electron chi connectivity index (χ2n) is 6.12. The number of fused-ring (bicyclic) bond motifs is 1. The molecule has 1 aromatic rings. The molecular formula is C14H20O5S. The van der Waals surface area contributed by atoms with Crippen molar-refractivity contribution in [3.63, 3.8) is 0 Å². The molecule has 2 rings (SSSR count). The summed E-state index contributed by atoms with van der Waals surface area (Å²) < 4.78 is 39.0. The van der Waals surface area contributed by atoms with E-state index in [0.717, 1.165) is 11.8 Å². The van der Waals surface area contributed by atoms with Gasteiger partial charge in [0, 0.05) is 24.8 Å². The van der Waals surface area contributed by atoms with E-state index in [2.05, 4.69) is 0 Å². The van der Waals surface area contributed by atoms with Crippen molar-refractivity contribution in [2.24, 2.45) is 0 Å². The van der Waals surface area contributed by atoms with Gasteiger partial charge in [0.05, 0.1) is 12.9 Å². The van der Waals surface area contributed by atoms with Crippen LogP contribution in [-0.4, -0.2) is 27.1 Å². The lowest BCUT2D eigenvalue weighted by Crippen LogP contribution is -2.33. The fourth-order valence-corrected chi connectivity index (χ4v) is 2.53. The summed E-state index contributed by atoms with van der Waals surface area (Å²) in [6, 6.07) is 4.99. The van der Waals surface area contributed by atoms with E-state index in [1.807, 2.05) is 27.7 Å². The molecule has 0 aromatic heterocycles. The zero-order valence-electron chi connectivity index (χ0n) is 12.4. The molecule has 1 aliphatic rings. The predicted octanol–water partition coefficient (Wildman–Crippen LogP) is 2.45. The van der Waals surface area contributed by atoms with Crippen LogP contribution in [0.15, 0.2) is 18.2 Å². The maximum atomic E-state index is 11.2. The second kappa shape index (κ2) is 4.63. The third kappa shape index (κ3) is 3.43. The summed E-state index contributed by atoms with van der Waals surface area (Å²) in [6.07, 6.45) is 1.02.